The summed E-state index contributed by atoms with van der Waals surface area (Å²) in [5, 5.41) is 5.77. The Kier molecular flexibility index (Phi) is 7.14. The number of ether oxygens (including phenoxy) is 2. The van der Waals surface area contributed by atoms with Crippen molar-refractivity contribution in [1.82, 2.24) is 9.66 Å². The van der Waals surface area contributed by atoms with E-state index in [0.29, 0.717) is 39.3 Å². The molecule has 0 amide bonds. The van der Waals surface area contributed by atoms with Crippen molar-refractivity contribution >= 4 is 33.8 Å². The van der Waals surface area contributed by atoms with Gasteiger partial charge in [0.15, 0.2) is 5.76 Å². The minimum absolute atomic E-state index is 0.224. The van der Waals surface area contributed by atoms with Crippen LogP contribution in [0.25, 0.3) is 33.5 Å². The normalized spacial score (nSPS) is 11.4. The molecule has 0 aliphatic heterocycles. The van der Waals surface area contributed by atoms with Crippen molar-refractivity contribution in [3.63, 3.8) is 0 Å². The van der Waals surface area contributed by atoms with E-state index in [-0.39, 0.29) is 23.8 Å². The highest BCUT2D eigenvalue weighted by molar-refractivity contribution is 5.89. The van der Waals surface area contributed by atoms with Crippen molar-refractivity contribution in [3.8, 4) is 23.1 Å². The van der Waals surface area contributed by atoms with E-state index in [1.807, 2.05) is 61.5 Å². The molecular weight excluding hydrogens is 535 g/mol. The fraction of sp³-hybridized carbons (Fsp3) is 0.121. The molecule has 210 valence electrons. The van der Waals surface area contributed by atoms with Crippen LogP contribution in [0.2, 0.25) is 0 Å². The third-order valence-electron chi connectivity index (χ3n) is 6.85. The maximum Gasteiger partial charge on any atom is 0.282 e. The molecule has 0 unspecified atom stereocenters. The number of fused-ring (bicyclic) bond motifs is 2. The van der Waals surface area contributed by atoms with Crippen molar-refractivity contribution in [3.05, 3.63) is 118 Å². The molecule has 4 aromatic carbocycles. The molecule has 0 bridgehead atoms. The van der Waals surface area contributed by atoms with Gasteiger partial charge in [0.25, 0.3) is 5.56 Å². The lowest BCUT2D eigenvalue weighted by Crippen LogP contribution is -2.20. The number of aromatic nitrogens is 2. The van der Waals surface area contributed by atoms with Gasteiger partial charge in [-0.3, -0.25) is 4.79 Å². The largest absolute Gasteiger partial charge is 0.496 e. The van der Waals surface area contributed by atoms with Crippen molar-refractivity contribution in [2.75, 3.05) is 26.1 Å². The lowest BCUT2D eigenvalue weighted by Gasteiger charge is -2.16. The summed E-state index contributed by atoms with van der Waals surface area (Å²) in [6.45, 7) is 0.224. The maximum atomic E-state index is 13.7. The van der Waals surface area contributed by atoms with Crippen molar-refractivity contribution < 1.29 is 18.3 Å². The zero-order valence-electron chi connectivity index (χ0n) is 23.2. The van der Waals surface area contributed by atoms with Gasteiger partial charge in [0.2, 0.25) is 5.82 Å². The molecule has 42 heavy (non-hydrogen) atoms. The Morgan fingerprint density at radius 3 is 2.55 bits per heavy atom. The molecule has 2 heterocycles. The number of hydrogen-bond acceptors (Lipinski definition) is 7. The van der Waals surface area contributed by atoms with Crippen LogP contribution in [0.4, 0.5) is 10.1 Å². The van der Waals surface area contributed by atoms with Crippen LogP contribution in [-0.2, 0) is 6.61 Å². The molecule has 0 saturated carbocycles. The number of methoxy groups -OCH3 is 1. The molecule has 6 aromatic rings. The molecule has 8 nitrogen and oxygen atoms in total. The monoisotopic (exact) mass is 562 g/mol. The van der Waals surface area contributed by atoms with Crippen LogP contribution in [0, 0.1) is 5.82 Å². The molecule has 9 heteroatoms. The van der Waals surface area contributed by atoms with Crippen LogP contribution in [0.15, 0.2) is 105 Å². The number of nitrogens with zero attached hydrogens (tertiary/aromatic N) is 4. The number of para-hydroxylation sites is 1. The van der Waals surface area contributed by atoms with Crippen molar-refractivity contribution in [1.29, 1.82) is 0 Å². The van der Waals surface area contributed by atoms with Gasteiger partial charge in [-0.1, -0.05) is 30.3 Å². The van der Waals surface area contributed by atoms with Crippen LogP contribution >= 0.6 is 0 Å². The standard InChI is InChI=1S/C33H27FN4O4/c1-37(2)24-16-13-22(30(17-24)41-20-21-11-14-23(34)15-12-21)19-35-38-32(36-27-8-5-4-7-25(27)33(38)39)31-18-26-28(40-3)9-6-10-29(26)42-31/h4-19H,20H2,1-3H3. The Bertz CT molecular complexity index is 1990. The zero-order valence-corrected chi connectivity index (χ0v) is 23.2. The molecule has 0 spiro atoms. The molecule has 0 N–H and O–H groups in total. The van der Waals surface area contributed by atoms with Crippen LogP contribution in [0.5, 0.6) is 11.5 Å². The predicted octanol–water partition coefficient (Wildman–Crippen LogP) is 6.48. The van der Waals surface area contributed by atoms with E-state index in [9.17, 15) is 9.18 Å². The minimum Gasteiger partial charge on any atom is -0.496 e. The first-order valence-corrected chi connectivity index (χ1v) is 13.2. The molecule has 0 aliphatic carbocycles. The van der Waals surface area contributed by atoms with Crippen LogP contribution < -0.4 is 19.9 Å². The molecule has 6 rings (SSSR count). The Morgan fingerprint density at radius 2 is 1.76 bits per heavy atom. The summed E-state index contributed by atoms with van der Waals surface area (Å²) in [4.78, 5) is 20.4. The summed E-state index contributed by atoms with van der Waals surface area (Å²) in [5.74, 6) is 1.49. The fourth-order valence-electron chi connectivity index (χ4n) is 4.61. The van der Waals surface area contributed by atoms with Gasteiger partial charge >= 0.3 is 0 Å². The SMILES string of the molecule is COc1cccc2oc(-c3nc4ccccc4c(=O)n3N=Cc3ccc(N(C)C)cc3OCc3ccc(F)cc3)cc12. The summed E-state index contributed by atoms with van der Waals surface area (Å²) < 4.78 is 32.4. The second-order valence-electron chi connectivity index (χ2n) is 9.83. The molecule has 2 aromatic heterocycles. The quantitative estimate of drug-likeness (QED) is 0.197. The number of halogens is 1. The van der Waals surface area contributed by atoms with Gasteiger partial charge in [-0.25, -0.2) is 9.37 Å². The van der Waals surface area contributed by atoms with E-state index in [1.54, 1.807) is 49.7 Å². The Labute approximate surface area is 240 Å². The Morgan fingerprint density at radius 1 is 0.952 bits per heavy atom. The number of benzene rings is 4. The predicted molar refractivity (Wildman–Crippen MR) is 162 cm³/mol. The van der Waals surface area contributed by atoms with Crippen LogP contribution in [-0.4, -0.2) is 37.1 Å². The first kappa shape index (κ1) is 26.8. The highest BCUT2D eigenvalue weighted by atomic mass is 19.1. The van der Waals surface area contributed by atoms with Gasteiger partial charge in [0.1, 0.15) is 29.5 Å². The Hall–Kier alpha value is -5.44. The molecule has 0 fully saturated rings. The van der Waals surface area contributed by atoms with Gasteiger partial charge in [-0.05, 0) is 60.2 Å². The highest BCUT2D eigenvalue weighted by Gasteiger charge is 2.18. The number of rotatable bonds is 8. The molecule has 0 radical (unpaired) electrons. The van der Waals surface area contributed by atoms with E-state index in [0.717, 1.165) is 16.6 Å². The van der Waals surface area contributed by atoms with Crippen molar-refractivity contribution in [2.24, 2.45) is 5.10 Å². The van der Waals surface area contributed by atoms with E-state index < -0.39 is 0 Å². The highest BCUT2D eigenvalue weighted by Crippen LogP contribution is 2.33. The van der Waals surface area contributed by atoms with Crippen molar-refractivity contribution in [2.45, 2.75) is 6.61 Å². The molecule has 0 aliphatic rings. The lowest BCUT2D eigenvalue weighted by atomic mass is 10.2. The van der Waals surface area contributed by atoms with E-state index in [1.165, 1.54) is 16.8 Å². The second-order valence-corrected chi connectivity index (χ2v) is 9.83. The van der Waals surface area contributed by atoms with Gasteiger partial charge in [0.05, 0.1) is 29.6 Å². The molecular formula is C33H27FN4O4. The van der Waals surface area contributed by atoms with E-state index in [4.69, 9.17) is 18.9 Å². The molecule has 0 saturated heterocycles. The zero-order chi connectivity index (χ0) is 29.2. The second kappa shape index (κ2) is 11.2. The number of anilines is 1. The first-order valence-electron chi connectivity index (χ1n) is 13.2. The van der Waals surface area contributed by atoms with Crippen LogP contribution in [0.3, 0.4) is 0 Å². The number of hydrogen-bond donors (Lipinski definition) is 0. The third-order valence-corrected chi connectivity index (χ3v) is 6.85. The van der Waals surface area contributed by atoms with Gasteiger partial charge < -0.3 is 18.8 Å². The Balaban J connectivity index is 1.45. The first-order chi connectivity index (χ1) is 20.4. The van der Waals surface area contributed by atoms with Crippen LogP contribution in [0.1, 0.15) is 11.1 Å². The summed E-state index contributed by atoms with van der Waals surface area (Å²) in [7, 11) is 5.46. The van der Waals surface area contributed by atoms with E-state index in [2.05, 4.69) is 5.10 Å². The number of furan rings is 1. The van der Waals surface area contributed by atoms with Gasteiger partial charge in [-0.15, -0.1) is 0 Å². The summed E-state index contributed by atoms with van der Waals surface area (Å²) in [6, 6.07) is 26.2. The summed E-state index contributed by atoms with van der Waals surface area (Å²) in [6.07, 6.45) is 1.56. The lowest BCUT2D eigenvalue weighted by molar-refractivity contribution is 0.305. The average molecular weight is 563 g/mol. The molecule has 0 atom stereocenters. The summed E-state index contributed by atoms with van der Waals surface area (Å²) in [5.41, 5.74) is 3.14. The fourth-order valence-corrected chi connectivity index (χ4v) is 4.61. The van der Waals surface area contributed by atoms with Gasteiger partial charge in [0, 0.05) is 31.4 Å². The topological polar surface area (TPSA) is 82.1 Å². The maximum absolute atomic E-state index is 13.7. The third kappa shape index (κ3) is 5.19. The van der Waals surface area contributed by atoms with E-state index >= 15 is 0 Å². The smallest absolute Gasteiger partial charge is 0.282 e. The average Bonchev–Trinajstić information content (AvgIpc) is 3.45. The van der Waals surface area contributed by atoms with Gasteiger partial charge in [-0.2, -0.15) is 9.78 Å². The minimum atomic E-state index is -0.349. The summed E-state index contributed by atoms with van der Waals surface area (Å²) >= 11 is 0.